The summed E-state index contributed by atoms with van der Waals surface area (Å²) in [4.78, 5) is 21.9. The number of pyridine rings is 1. The maximum Gasteiger partial charge on any atom is 0.225 e. The van der Waals surface area contributed by atoms with E-state index in [0.717, 1.165) is 32.5 Å². The molecule has 0 bridgehead atoms. The molecule has 1 N–H and O–H groups in total. The van der Waals surface area contributed by atoms with E-state index < -0.39 is 0 Å². The van der Waals surface area contributed by atoms with Crippen LogP contribution in [0.15, 0.2) is 48.8 Å². The van der Waals surface area contributed by atoms with Crippen molar-refractivity contribution in [3.05, 3.63) is 64.9 Å². The van der Waals surface area contributed by atoms with Crippen molar-refractivity contribution in [3.8, 4) is 16.3 Å². The Bertz CT molecular complexity index is 862. The summed E-state index contributed by atoms with van der Waals surface area (Å²) in [5, 5.41) is 3.86. The molecule has 1 aromatic carbocycles. The number of amides is 1. The lowest BCUT2D eigenvalue weighted by Gasteiger charge is -2.09. The number of carbonyl (C=O) groups excluding carboxylic acids is 1. The largest absolute Gasteiger partial charge is 0.496 e. The van der Waals surface area contributed by atoms with Crippen LogP contribution in [0.2, 0.25) is 0 Å². The quantitative estimate of drug-likeness (QED) is 0.738. The first-order chi connectivity index (χ1) is 12.2. The van der Waals surface area contributed by atoms with Crippen molar-refractivity contribution in [2.24, 2.45) is 0 Å². The number of para-hydroxylation sites is 1. The first kappa shape index (κ1) is 17.1. The maximum absolute atomic E-state index is 12.3. The third-order valence-corrected chi connectivity index (χ3v) is 5.02. The average Bonchev–Trinajstić information content (AvgIpc) is 3.01. The Hall–Kier alpha value is -2.73. The number of aryl methyl sites for hydroxylation is 1. The van der Waals surface area contributed by atoms with Gasteiger partial charge in [-0.2, -0.15) is 0 Å². The van der Waals surface area contributed by atoms with Crippen LogP contribution in [0.25, 0.3) is 10.6 Å². The van der Waals surface area contributed by atoms with Gasteiger partial charge in [-0.15, -0.1) is 11.3 Å². The molecule has 1 amide bonds. The molecule has 0 spiro atoms. The minimum Gasteiger partial charge on any atom is -0.496 e. The lowest BCUT2D eigenvalue weighted by molar-refractivity contribution is -0.120. The van der Waals surface area contributed by atoms with Gasteiger partial charge in [-0.1, -0.05) is 18.2 Å². The van der Waals surface area contributed by atoms with Crippen LogP contribution in [-0.2, 0) is 17.8 Å². The van der Waals surface area contributed by atoms with Crippen molar-refractivity contribution in [1.82, 2.24) is 15.3 Å². The third kappa shape index (κ3) is 4.22. The van der Waals surface area contributed by atoms with Crippen LogP contribution < -0.4 is 10.1 Å². The summed E-state index contributed by atoms with van der Waals surface area (Å²) in [6.45, 7) is 2.38. The van der Waals surface area contributed by atoms with E-state index in [1.54, 1.807) is 30.8 Å². The van der Waals surface area contributed by atoms with Gasteiger partial charge >= 0.3 is 0 Å². The highest BCUT2D eigenvalue weighted by atomic mass is 32.1. The van der Waals surface area contributed by atoms with Crippen molar-refractivity contribution in [3.63, 3.8) is 0 Å². The average molecular weight is 353 g/mol. The molecule has 3 aromatic rings. The summed E-state index contributed by atoms with van der Waals surface area (Å²) in [7, 11) is 1.63. The van der Waals surface area contributed by atoms with Crippen LogP contribution in [0.4, 0.5) is 0 Å². The number of nitrogens with one attached hydrogen (secondary N) is 1. The Balaban J connectivity index is 1.64. The summed E-state index contributed by atoms with van der Waals surface area (Å²) in [6, 6.07) is 11.5. The number of methoxy groups -OCH3 is 1. The molecule has 6 heteroatoms. The van der Waals surface area contributed by atoms with Gasteiger partial charge in [0.15, 0.2) is 0 Å². The topological polar surface area (TPSA) is 64.1 Å². The molecule has 2 aromatic heterocycles. The smallest absolute Gasteiger partial charge is 0.225 e. The molecular weight excluding hydrogens is 334 g/mol. The number of hydrogen-bond acceptors (Lipinski definition) is 5. The predicted octanol–water partition coefficient (Wildman–Crippen LogP) is 3.38. The Morgan fingerprint density at radius 3 is 2.72 bits per heavy atom. The number of aromatic nitrogens is 2. The van der Waals surface area contributed by atoms with Crippen LogP contribution in [0.1, 0.15) is 16.1 Å². The second kappa shape index (κ2) is 7.90. The van der Waals surface area contributed by atoms with Crippen LogP contribution in [0, 0.1) is 6.92 Å². The lowest BCUT2D eigenvalue weighted by atomic mass is 10.2. The first-order valence-corrected chi connectivity index (χ1v) is 8.74. The monoisotopic (exact) mass is 353 g/mol. The van der Waals surface area contributed by atoms with Gasteiger partial charge in [0.25, 0.3) is 0 Å². The number of benzene rings is 1. The zero-order chi connectivity index (χ0) is 17.6. The van der Waals surface area contributed by atoms with Crippen LogP contribution in [0.3, 0.4) is 0 Å². The summed E-state index contributed by atoms with van der Waals surface area (Å²) < 4.78 is 5.30. The van der Waals surface area contributed by atoms with Crippen LogP contribution in [-0.4, -0.2) is 23.0 Å². The molecule has 128 valence electrons. The molecule has 3 rings (SSSR count). The Morgan fingerprint density at radius 2 is 1.96 bits per heavy atom. The molecule has 25 heavy (non-hydrogen) atoms. The van der Waals surface area contributed by atoms with Crippen LogP contribution >= 0.6 is 11.3 Å². The second-order valence-corrected chi connectivity index (χ2v) is 6.61. The standard InChI is InChI=1S/C19H19N3O2S/c1-13-17(25-19(22-13)14-7-9-20-10-8-14)11-18(23)21-12-15-5-3-4-6-16(15)24-2/h3-10H,11-12H2,1-2H3,(H,21,23). The number of carbonyl (C=O) groups is 1. The molecule has 5 nitrogen and oxygen atoms in total. The van der Waals surface area contributed by atoms with Gasteiger partial charge in [0, 0.05) is 34.9 Å². The normalized spacial score (nSPS) is 10.5. The van der Waals surface area contributed by atoms with Gasteiger partial charge in [-0.25, -0.2) is 4.98 Å². The third-order valence-electron chi connectivity index (χ3n) is 3.81. The Kier molecular flexibility index (Phi) is 5.40. The van der Waals surface area contributed by atoms with Gasteiger partial charge in [0.05, 0.1) is 19.2 Å². The molecule has 2 heterocycles. The van der Waals surface area contributed by atoms with Gasteiger partial charge in [-0.05, 0) is 25.1 Å². The predicted molar refractivity (Wildman–Crippen MR) is 98.6 cm³/mol. The van der Waals surface area contributed by atoms with E-state index in [2.05, 4.69) is 15.3 Å². The van der Waals surface area contributed by atoms with Crippen molar-refractivity contribution in [1.29, 1.82) is 0 Å². The summed E-state index contributed by atoms with van der Waals surface area (Å²) in [5.74, 6) is 0.746. The highest BCUT2D eigenvalue weighted by Crippen LogP contribution is 2.27. The number of rotatable bonds is 6. The van der Waals surface area contributed by atoms with E-state index >= 15 is 0 Å². The van der Waals surface area contributed by atoms with Crippen molar-refractivity contribution in [2.45, 2.75) is 19.9 Å². The summed E-state index contributed by atoms with van der Waals surface area (Å²) >= 11 is 1.55. The SMILES string of the molecule is COc1ccccc1CNC(=O)Cc1sc(-c2ccncc2)nc1C. The van der Waals surface area contributed by atoms with Crippen molar-refractivity contribution < 1.29 is 9.53 Å². The van der Waals surface area contributed by atoms with Gasteiger partial charge in [-0.3, -0.25) is 9.78 Å². The molecule has 0 radical (unpaired) electrons. The summed E-state index contributed by atoms with van der Waals surface area (Å²) in [5.41, 5.74) is 2.87. The molecule has 0 saturated carbocycles. The fourth-order valence-electron chi connectivity index (χ4n) is 2.46. The lowest BCUT2D eigenvalue weighted by Crippen LogP contribution is -2.24. The number of thiazole rings is 1. The number of nitrogens with zero attached hydrogens (tertiary/aromatic N) is 2. The van der Waals surface area contributed by atoms with E-state index in [0.29, 0.717) is 13.0 Å². The van der Waals surface area contributed by atoms with E-state index in [9.17, 15) is 4.79 Å². The summed E-state index contributed by atoms with van der Waals surface area (Å²) in [6.07, 6.45) is 3.81. The zero-order valence-electron chi connectivity index (χ0n) is 14.2. The van der Waals surface area contributed by atoms with Gasteiger partial charge in [0.2, 0.25) is 5.91 Å². The van der Waals surface area contributed by atoms with Gasteiger partial charge < -0.3 is 10.1 Å². The maximum atomic E-state index is 12.3. The Labute approximate surface area is 150 Å². The second-order valence-electron chi connectivity index (χ2n) is 5.53. The van der Waals surface area contributed by atoms with Crippen molar-refractivity contribution in [2.75, 3.05) is 7.11 Å². The first-order valence-electron chi connectivity index (χ1n) is 7.92. The molecule has 0 atom stereocenters. The zero-order valence-corrected chi connectivity index (χ0v) is 15.0. The minimum atomic E-state index is -0.0288. The molecule has 0 saturated heterocycles. The molecule has 0 fully saturated rings. The molecule has 0 aliphatic heterocycles. The number of ether oxygens (including phenoxy) is 1. The van der Waals surface area contributed by atoms with E-state index in [1.165, 1.54) is 0 Å². The van der Waals surface area contributed by atoms with E-state index in [4.69, 9.17) is 4.74 Å². The molecular formula is C19H19N3O2S. The fourth-order valence-corrected chi connectivity index (χ4v) is 3.53. The number of hydrogen-bond donors (Lipinski definition) is 1. The Morgan fingerprint density at radius 1 is 1.20 bits per heavy atom. The van der Waals surface area contributed by atoms with Gasteiger partial charge in [0.1, 0.15) is 10.8 Å². The van der Waals surface area contributed by atoms with Crippen molar-refractivity contribution >= 4 is 17.2 Å². The minimum absolute atomic E-state index is 0.0288. The molecule has 0 unspecified atom stereocenters. The highest BCUT2D eigenvalue weighted by Gasteiger charge is 2.13. The molecule has 0 aliphatic rings. The highest BCUT2D eigenvalue weighted by molar-refractivity contribution is 7.15. The fraction of sp³-hybridized carbons (Fsp3) is 0.211. The van der Waals surface area contributed by atoms with E-state index in [1.807, 2.05) is 43.3 Å². The van der Waals surface area contributed by atoms with E-state index in [-0.39, 0.29) is 5.91 Å². The van der Waals surface area contributed by atoms with Crippen LogP contribution in [0.5, 0.6) is 5.75 Å². The molecule has 0 aliphatic carbocycles.